The minimum Gasteiger partial charge on any atom is -0.392 e. The van der Waals surface area contributed by atoms with E-state index in [1.54, 1.807) is 0 Å². The van der Waals surface area contributed by atoms with Crippen molar-refractivity contribution in [1.29, 1.82) is 0 Å². The van der Waals surface area contributed by atoms with Crippen LogP contribution in [0.2, 0.25) is 0 Å². The topological polar surface area (TPSA) is 50.7 Å². The van der Waals surface area contributed by atoms with Crippen molar-refractivity contribution < 1.29 is 14.6 Å². The average molecular weight is 187 g/mol. The number of rotatable bonds is 2. The summed E-state index contributed by atoms with van der Waals surface area (Å²) in [4.78, 5) is 0. The van der Waals surface area contributed by atoms with E-state index in [0.717, 1.165) is 12.8 Å². The van der Waals surface area contributed by atoms with Gasteiger partial charge in [0.15, 0.2) is 5.79 Å². The fraction of sp³-hybridized carbons (Fsp3) is 1.00. The maximum Gasteiger partial charge on any atom is 0.182 e. The molecule has 0 radical (unpaired) electrons. The molecule has 2 fully saturated rings. The van der Waals surface area contributed by atoms with Gasteiger partial charge in [0.05, 0.1) is 25.9 Å². The molecule has 4 heteroatoms. The lowest BCUT2D eigenvalue weighted by Crippen LogP contribution is -2.33. The SMILES string of the molecule is CC[C@@H](O)[C@@H]1CC2(CN1)OCCO2. The zero-order valence-corrected chi connectivity index (χ0v) is 7.95. The molecule has 2 saturated heterocycles. The lowest BCUT2D eigenvalue weighted by atomic mass is 10.1. The van der Waals surface area contributed by atoms with E-state index in [2.05, 4.69) is 5.32 Å². The van der Waals surface area contributed by atoms with Crippen molar-refractivity contribution in [1.82, 2.24) is 5.32 Å². The molecule has 0 saturated carbocycles. The molecule has 0 unspecified atom stereocenters. The van der Waals surface area contributed by atoms with Crippen molar-refractivity contribution in [3.05, 3.63) is 0 Å². The van der Waals surface area contributed by atoms with Crippen LogP contribution in [-0.2, 0) is 9.47 Å². The molecule has 2 atom stereocenters. The van der Waals surface area contributed by atoms with Crippen molar-refractivity contribution in [2.45, 2.75) is 37.7 Å². The van der Waals surface area contributed by atoms with Gasteiger partial charge in [-0.05, 0) is 6.42 Å². The van der Waals surface area contributed by atoms with Gasteiger partial charge in [-0.2, -0.15) is 0 Å². The van der Waals surface area contributed by atoms with Gasteiger partial charge in [-0.15, -0.1) is 0 Å². The Labute approximate surface area is 78.2 Å². The fourth-order valence-electron chi connectivity index (χ4n) is 2.04. The van der Waals surface area contributed by atoms with Gasteiger partial charge in [-0.1, -0.05) is 6.92 Å². The number of aliphatic hydroxyl groups excluding tert-OH is 1. The van der Waals surface area contributed by atoms with Crippen LogP contribution in [0.15, 0.2) is 0 Å². The highest BCUT2D eigenvalue weighted by molar-refractivity contribution is 4.94. The molecular weight excluding hydrogens is 170 g/mol. The van der Waals surface area contributed by atoms with Gasteiger partial charge in [-0.25, -0.2) is 0 Å². The number of hydrogen-bond acceptors (Lipinski definition) is 4. The van der Waals surface area contributed by atoms with Crippen molar-refractivity contribution in [3.63, 3.8) is 0 Å². The molecule has 2 aliphatic heterocycles. The Kier molecular flexibility index (Phi) is 2.55. The number of nitrogens with one attached hydrogen (secondary N) is 1. The molecule has 76 valence electrons. The second kappa shape index (κ2) is 3.53. The Hall–Kier alpha value is -0.160. The zero-order valence-electron chi connectivity index (χ0n) is 7.95. The van der Waals surface area contributed by atoms with Gasteiger partial charge in [-0.3, -0.25) is 0 Å². The number of ether oxygens (including phenoxy) is 2. The van der Waals surface area contributed by atoms with Crippen molar-refractivity contribution in [3.8, 4) is 0 Å². The van der Waals surface area contributed by atoms with E-state index in [4.69, 9.17) is 9.47 Å². The Morgan fingerprint density at radius 3 is 2.85 bits per heavy atom. The lowest BCUT2D eigenvalue weighted by molar-refractivity contribution is -0.142. The molecule has 2 N–H and O–H groups in total. The van der Waals surface area contributed by atoms with E-state index in [-0.39, 0.29) is 12.1 Å². The van der Waals surface area contributed by atoms with Crippen LogP contribution < -0.4 is 5.32 Å². The van der Waals surface area contributed by atoms with Crippen LogP contribution in [0.3, 0.4) is 0 Å². The number of aliphatic hydroxyl groups is 1. The first-order valence-corrected chi connectivity index (χ1v) is 4.95. The third-order valence-electron chi connectivity index (χ3n) is 2.86. The number of hydrogen-bond donors (Lipinski definition) is 2. The molecule has 2 rings (SSSR count). The van der Waals surface area contributed by atoms with Gasteiger partial charge < -0.3 is 19.9 Å². The van der Waals surface area contributed by atoms with E-state index < -0.39 is 5.79 Å². The predicted molar refractivity (Wildman–Crippen MR) is 47.3 cm³/mol. The summed E-state index contributed by atoms with van der Waals surface area (Å²) in [6.45, 7) is 4.04. The largest absolute Gasteiger partial charge is 0.392 e. The third-order valence-corrected chi connectivity index (χ3v) is 2.86. The second-order valence-corrected chi connectivity index (χ2v) is 3.77. The van der Waals surface area contributed by atoms with E-state index in [1.807, 2.05) is 6.92 Å². The summed E-state index contributed by atoms with van der Waals surface area (Å²) in [5.74, 6) is -0.430. The Bertz CT molecular complexity index is 180. The summed E-state index contributed by atoms with van der Waals surface area (Å²) in [6, 6.07) is 0.128. The van der Waals surface area contributed by atoms with Crippen molar-refractivity contribution in [2.75, 3.05) is 19.8 Å². The van der Waals surface area contributed by atoms with Crippen LogP contribution in [0, 0.1) is 0 Å². The fourth-order valence-corrected chi connectivity index (χ4v) is 2.04. The summed E-state index contributed by atoms with van der Waals surface area (Å²) >= 11 is 0. The first kappa shape index (κ1) is 9.40. The zero-order chi connectivity index (χ0) is 9.31. The summed E-state index contributed by atoms with van der Waals surface area (Å²) in [5.41, 5.74) is 0. The monoisotopic (exact) mass is 187 g/mol. The summed E-state index contributed by atoms with van der Waals surface area (Å²) in [6.07, 6.45) is 1.25. The normalized spacial score (nSPS) is 34.2. The highest BCUT2D eigenvalue weighted by atomic mass is 16.7. The maximum atomic E-state index is 9.63. The molecule has 2 aliphatic rings. The second-order valence-electron chi connectivity index (χ2n) is 3.77. The first-order chi connectivity index (χ1) is 6.26. The Balaban J connectivity index is 1.93. The summed E-state index contributed by atoms with van der Waals surface area (Å²) in [7, 11) is 0. The standard InChI is InChI=1S/C9H17NO3/c1-2-8(11)7-5-9(6-10-7)12-3-4-13-9/h7-8,10-11H,2-6H2,1H3/t7-,8+/m0/s1. The Morgan fingerprint density at radius 1 is 1.54 bits per heavy atom. The highest BCUT2D eigenvalue weighted by Gasteiger charge is 2.45. The predicted octanol–water partition coefficient (Wildman–Crippen LogP) is -0.138. The van der Waals surface area contributed by atoms with Gasteiger partial charge in [0, 0.05) is 12.5 Å². The molecule has 0 amide bonds. The lowest BCUT2D eigenvalue weighted by Gasteiger charge is -2.21. The van der Waals surface area contributed by atoms with E-state index >= 15 is 0 Å². The average Bonchev–Trinajstić information content (AvgIpc) is 2.76. The van der Waals surface area contributed by atoms with E-state index in [1.165, 1.54) is 0 Å². The Morgan fingerprint density at radius 2 is 2.23 bits per heavy atom. The molecule has 4 nitrogen and oxygen atoms in total. The van der Waals surface area contributed by atoms with Crippen molar-refractivity contribution in [2.24, 2.45) is 0 Å². The quantitative estimate of drug-likeness (QED) is 0.632. The minimum atomic E-state index is -0.430. The summed E-state index contributed by atoms with van der Waals surface area (Å²) < 4.78 is 11.1. The molecule has 13 heavy (non-hydrogen) atoms. The van der Waals surface area contributed by atoms with E-state index in [0.29, 0.717) is 19.8 Å². The van der Waals surface area contributed by atoms with Crippen LogP contribution in [0.5, 0.6) is 0 Å². The minimum absolute atomic E-state index is 0.128. The van der Waals surface area contributed by atoms with Gasteiger partial charge in [0.1, 0.15) is 0 Å². The molecule has 0 aliphatic carbocycles. The molecule has 1 spiro atoms. The van der Waals surface area contributed by atoms with E-state index in [9.17, 15) is 5.11 Å². The van der Waals surface area contributed by atoms with Gasteiger partial charge >= 0.3 is 0 Å². The molecular formula is C9H17NO3. The maximum absolute atomic E-state index is 9.63. The first-order valence-electron chi connectivity index (χ1n) is 4.95. The highest BCUT2D eigenvalue weighted by Crippen LogP contribution is 2.30. The molecule has 0 aromatic carbocycles. The molecule has 2 heterocycles. The molecule has 0 aromatic rings. The van der Waals surface area contributed by atoms with Crippen LogP contribution in [0.25, 0.3) is 0 Å². The van der Waals surface area contributed by atoms with Crippen LogP contribution in [0.4, 0.5) is 0 Å². The van der Waals surface area contributed by atoms with Gasteiger partial charge in [0.2, 0.25) is 0 Å². The van der Waals surface area contributed by atoms with Crippen LogP contribution in [-0.4, -0.2) is 42.8 Å². The summed E-state index contributed by atoms with van der Waals surface area (Å²) in [5, 5.41) is 12.9. The van der Waals surface area contributed by atoms with Gasteiger partial charge in [0.25, 0.3) is 0 Å². The van der Waals surface area contributed by atoms with Crippen molar-refractivity contribution >= 4 is 0 Å². The molecule has 0 bridgehead atoms. The third kappa shape index (κ3) is 1.72. The smallest absolute Gasteiger partial charge is 0.182 e. The van der Waals surface area contributed by atoms with Crippen LogP contribution in [0.1, 0.15) is 19.8 Å². The van der Waals surface area contributed by atoms with Crippen LogP contribution >= 0.6 is 0 Å². The molecule has 0 aromatic heterocycles.